The lowest BCUT2D eigenvalue weighted by Gasteiger charge is -2.19. The maximum Gasteiger partial charge on any atom is 0.137 e. The Morgan fingerprint density at radius 3 is 2.40 bits per heavy atom. The van der Waals surface area contributed by atoms with Crippen LogP contribution in [0, 0.1) is 16.7 Å². The van der Waals surface area contributed by atoms with Gasteiger partial charge in [0.25, 0.3) is 0 Å². The van der Waals surface area contributed by atoms with Crippen LogP contribution in [0.1, 0.15) is 52.6 Å². The highest BCUT2D eigenvalue weighted by Gasteiger charge is 2.67. The second-order valence-electron chi connectivity index (χ2n) is 6.99. The topological polar surface area (TPSA) is 34.1 Å². The predicted molar refractivity (Wildman–Crippen MR) is 82.9 cm³/mol. The van der Waals surface area contributed by atoms with E-state index in [1.165, 1.54) is 5.56 Å². The molecule has 1 N–H and O–H groups in total. The molecule has 0 aromatic carbocycles. The molecule has 1 aromatic rings. The molecule has 1 aliphatic carbocycles. The van der Waals surface area contributed by atoms with Crippen LogP contribution in [-0.4, -0.2) is 18.6 Å². The van der Waals surface area contributed by atoms with Crippen LogP contribution in [0.4, 0.5) is 0 Å². The molecule has 3 heteroatoms. The lowest BCUT2D eigenvalue weighted by molar-refractivity contribution is 0.314. The van der Waals surface area contributed by atoms with Crippen LogP contribution in [0.25, 0.3) is 0 Å². The third-order valence-electron chi connectivity index (χ3n) is 5.34. The van der Waals surface area contributed by atoms with Gasteiger partial charge in [0, 0.05) is 12.2 Å². The van der Waals surface area contributed by atoms with E-state index >= 15 is 0 Å². The van der Waals surface area contributed by atoms with E-state index in [-0.39, 0.29) is 0 Å². The third-order valence-corrected chi connectivity index (χ3v) is 5.34. The quantitative estimate of drug-likeness (QED) is 0.858. The van der Waals surface area contributed by atoms with E-state index in [1.54, 1.807) is 6.20 Å². The number of hydrogen-bond donors (Lipinski definition) is 1. The second-order valence-corrected chi connectivity index (χ2v) is 6.99. The van der Waals surface area contributed by atoms with Crippen molar-refractivity contribution < 1.29 is 4.74 Å². The van der Waals surface area contributed by atoms with Gasteiger partial charge in [-0.25, -0.2) is 0 Å². The monoisotopic (exact) mass is 276 g/mol. The predicted octanol–water partition coefficient (Wildman–Crippen LogP) is 3.81. The van der Waals surface area contributed by atoms with Gasteiger partial charge in [0.05, 0.1) is 12.8 Å². The highest BCUT2D eigenvalue weighted by molar-refractivity contribution is 5.30. The minimum Gasteiger partial charge on any atom is -0.492 e. The van der Waals surface area contributed by atoms with Crippen LogP contribution in [0.2, 0.25) is 0 Å². The van der Waals surface area contributed by atoms with E-state index in [0.717, 1.165) is 18.8 Å². The van der Waals surface area contributed by atoms with E-state index < -0.39 is 0 Å². The summed E-state index contributed by atoms with van der Waals surface area (Å²) in [6, 6.07) is 2.46. The zero-order chi connectivity index (χ0) is 15.0. The minimum atomic E-state index is 0.331. The molecule has 1 aromatic heterocycles. The van der Waals surface area contributed by atoms with Crippen molar-refractivity contribution in [3.63, 3.8) is 0 Å². The van der Waals surface area contributed by atoms with Gasteiger partial charge in [-0.2, -0.15) is 0 Å². The largest absolute Gasteiger partial charge is 0.492 e. The minimum absolute atomic E-state index is 0.331. The highest BCUT2D eigenvalue weighted by atomic mass is 16.5. The molecule has 1 atom stereocenters. The van der Waals surface area contributed by atoms with Crippen molar-refractivity contribution in [2.45, 2.75) is 47.1 Å². The highest BCUT2D eigenvalue weighted by Crippen LogP contribution is 2.72. The smallest absolute Gasteiger partial charge is 0.137 e. The second kappa shape index (κ2) is 5.36. The van der Waals surface area contributed by atoms with E-state index in [4.69, 9.17) is 4.74 Å². The first-order valence-corrected chi connectivity index (χ1v) is 7.61. The first kappa shape index (κ1) is 15.3. The molecule has 20 heavy (non-hydrogen) atoms. The molecule has 0 bridgehead atoms. The van der Waals surface area contributed by atoms with Gasteiger partial charge < -0.3 is 10.1 Å². The SMILES string of the molecule is CCCOc1cncc(C(NC)C2C(C)(C)C2(C)C)c1. The summed E-state index contributed by atoms with van der Waals surface area (Å²) in [4.78, 5) is 4.35. The van der Waals surface area contributed by atoms with Crippen molar-refractivity contribution in [2.24, 2.45) is 16.7 Å². The molecule has 1 saturated carbocycles. The van der Waals surface area contributed by atoms with Crippen molar-refractivity contribution >= 4 is 0 Å². The van der Waals surface area contributed by atoms with Crippen molar-refractivity contribution in [3.05, 3.63) is 24.0 Å². The molecular formula is C17H28N2O. The molecule has 0 aliphatic heterocycles. The van der Waals surface area contributed by atoms with Gasteiger partial charge in [0.15, 0.2) is 0 Å². The van der Waals surface area contributed by atoms with Crippen molar-refractivity contribution in [3.8, 4) is 5.75 Å². The number of rotatable bonds is 6. The van der Waals surface area contributed by atoms with Gasteiger partial charge in [0.2, 0.25) is 0 Å². The zero-order valence-electron chi connectivity index (χ0n) is 13.7. The molecule has 1 aliphatic rings. The molecular weight excluding hydrogens is 248 g/mol. The van der Waals surface area contributed by atoms with Crippen LogP contribution in [0.15, 0.2) is 18.5 Å². The Balaban J connectivity index is 2.21. The molecule has 2 rings (SSSR count). The Labute approximate surface area is 123 Å². The van der Waals surface area contributed by atoms with E-state index in [9.17, 15) is 0 Å². The average Bonchev–Trinajstić information content (AvgIpc) is 2.81. The van der Waals surface area contributed by atoms with E-state index in [1.807, 2.05) is 13.2 Å². The number of pyridine rings is 1. The fourth-order valence-corrected chi connectivity index (χ4v) is 3.51. The first-order valence-electron chi connectivity index (χ1n) is 7.61. The fourth-order valence-electron chi connectivity index (χ4n) is 3.51. The fraction of sp³-hybridized carbons (Fsp3) is 0.706. The maximum atomic E-state index is 5.70. The number of aromatic nitrogens is 1. The molecule has 1 fully saturated rings. The summed E-state index contributed by atoms with van der Waals surface area (Å²) in [5.41, 5.74) is 1.92. The average molecular weight is 276 g/mol. The summed E-state index contributed by atoms with van der Waals surface area (Å²) in [6.45, 7) is 12.3. The Bertz CT molecular complexity index is 454. The van der Waals surface area contributed by atoms with Crippen LogP contribution >= 0.6 is 0 Å². The van der Waals surface area contributed by atoms with Gasteiger partial charge in [-0.1, -0.05) is 34.6 Å². The normalized spacial score (nSPS) is 21.5. The first-order chi connectivity index (χ1) is 9.36. The molecule has 0 amide bonds. The standard InChI is InChI=1S/C17H28N2O/c1-7-8-20-13-9-12(10-19-11-13)14(18-6)15-16(2,3)17(15,4)5/h9-11,14-15,18H,7-8H2,1-6H3. The van der Waals surface area contributed by atoms with Crippen molar-refractivity contribution in [1.82, 2.24) is 10.3 Å². The summed E-state index contributed by atoms with van der Waals surface area (Å²) >= 11 is 0. The Morgan fingerprint density at radius 1 is 1.25 bits per heavy atom. The summed E-state index contributed by atoms with van der Waals surface area (Å²) in [5.74, 6) is 1.49. The molecule has 1 heterocycles. The Hall–Kier alpha value is -1.09. The molecule has 0 radical (unpaired) electrons. The third kappa shape index (κ3) is 2.44. The van der Waals surface area contributed by atoms with Crippen molar-refractivity contribution in [1.29, 1.82) is 0 Å². The number of nitrogens with one attached hydrogen (secondary N) is 1. The lowest BCUT2D eigenvalue weighted by Crippen LogP contribution is -2.21. The van der Waals surface area contributed by atoms with E-state index in [0.29, 0.717) is 22.8 Å². The number of nitrogens with zero attached hydrogens (tertiary/aromatic N) is 1. The maximum absolute atomic E-state index is 5.70. The molecule has 112 valence electrons. The summed E-state index contributed by atoms with van der Waals surface area (Å²) < 4.78 is 5.70. The lowest BCUT2D eigenvalue weighted by atomic mass is 9.98. The van der Waals surface area contributed by atoms with Crippen LogP contribution in [0.3, 0.4) is 0 Å². The summed E-state index contributed by atoms with van der Waals surface area (Å²) in [7, 11) is 2.04. The number of hydrogen-bond acceptors (Lipinski definition) is 3. The molecule has 3 nitrogen and oxygen atoms in total. The van der Waals surface area contributed by atoms with Crippen molar-refractivity contribution in [2.75, 3.05) is 13.7 Å². The molecule has 0 spiro atoms. The summed E-state index contributed by atoms with van der Waals surface area (Å²) in [5, 5.41) is 3.48. The van der Waals surface area contributed by atoms with Crippen LogP contribution < -0.4 is 10.1 Å². The Morgan fingerprint density at radius 2 is 1.90 bits per heavy atom. The van der Waals surface area contributed by atoms with Gasteiger partial charge in [-0.3, -0.25) is 4.98 Å². The summed E-state index contributed by atoms with van der Waals surface area (Å²) in [6.07, 6.45) is 4.78. The van der Waals surface area contributed by atoms with Crippen LogP contribution in [-0.2, 0) is 0 Å². The number of ether oxygens (including phenoxy) is 1. The van der Waals surface area contributed by atoms with Gasteiger partial charge in [-0.15, -0.1) is 0 Å². The van der Waals surface area contributed by atoms with Crippen LogP contribution in [0.5, 0.6) is 5.75 Å². The molecule has 1 unspecified atom stereocenters. The Kier molecular flexibility index (Phi) is 4.10. The zero-order valence-corrected chi connectivity index (χ0v) is 13.7. The van der Waals surface area contributed by atoms with Gasteiger partial charge in [-0.05, 0) is 41.8 Å². The van der Waals surface area contributed by atoms with Gasteiger partial charge >= 0.3 is 0 Å². The van der Waals surface area contributed by atoms with Gasteiger partial charge in [0.1, 0.15) is 5.75 Å². The van der Waals surface area contributed by atoms with E-state index in [2.05, 4.69) is 51.0 Å². The molecule has 0 saturated heterocycles.